The number of ether oxygens (including phenoxy) is 2. The maximum atomic E-state index is 12.7. The molecule has 0 aromatic heterocycles. The Labute approximate surface area is 176 Å². The van der Waals surface area contributed by atoms with Crippen LogP contribution in [0, 0.1) is 5.92 Å². The number of nitrogens with one attached hydrogen (secondary N) is 3. The van der Waals surface area contributed by atoms with Gasteiger partial charge in [-0.25, -0.2) is 4.99 Å². The highest BCUT2D eigenvalue weighted by molar-refractivity contribution is 5.80. The first-order chi connectivity index (χ1) is 14.5. The molecule has 0 saturated heterocycles. The van der Waals surface area contributed by atoms with E-state index in [-0.39, 0.29) is 24.1 Å². The summed E-state index contributed by atoms with van der Waals surface area (Å²) in [5.74, 6) is 1.36. The highest BCUT2D eigenvalue weighted by Crippen LogP contribution is 2.26. The molecule has 0 unspecified atom stereocenters. The minimum absolute atomic E-state index is 0.0603. The molecule has 1 fully saturated rings. The van der Waals surface area contributed by atoms with Gasteiger partial charge in [0.15, 0.2) is 5.96 Å². The number of carbonyl (C=O) groups excluding carboxylic acids is 1. The largest absolute Gasteiger partial charge is 0.497 e. The lowest BCUT2D eigenvalue weighted by atomic mass is 9.89. The van der Waals surface area contributed by atoms with E-state index in [1.807, 2.05) is 6.92 Å². The number of amides is 1. The Morgan fingerprint density at radius 1 is 1.17 bits per heavy atom. The van der Waals surface area contributed by atoms with Crippen LogP contribution in [0.25, 0.3) is 0 Å². The van der Waals surface area contributed by atoms with Crippen LogP contribution in [0.4, 0.5) is 8.78 Å². The number of aliphatic imine (C=N–C) groups is 1. The molecule has 1 aliphatic rings. The Bertz CT molecular complexity index is 695. The summed E-state index contributed by atoms with van der Waals surface area (Å²) in [5.41, 5.74) is 0.484. The molecule has 3 N–H and O–H groups in total. The Morgan fingerprint density at radius 2 is 1.90 bits per heavy atom. The summed E-state index contributed by atoms with van der Waals surface area (Å²) >= 11 is 0. The zero-order valence-corrected chi connectivity index (χ0v) is 17.7. The van der Waals surface area contributed by atoms with Crippen LogP contribution >= 0.6 is 0 Å². The number of benzene rings is 1. The summed E-state index contributed by atoms with van der Waals surface area (Å²) < 4.78 is 35.0. The van der Waals surface area contributed by atoms with E-state index in [2.05, 4.69) is 25.7 Å². The van der Waals surface area contributed by atoms with Crippen molar-refractivity contribution in [2.24, 2.45) is 10.9 Å². The SMILES string of the molecule is CCNC(=NCc1cc(OC)ccc1OC(F)F)NCCNC(=O)C1CCCCC1. The van der Waals surface area contributed by atoms with E-state index >= 15 is 0 Å². The lowest BCUT2D eigenvalue weighted by Gasteiger charge is -2.21. The summed E-state index contributed by atoms with van der Waals surface area (Å²) in [6, 6.07) is 4.62. The molecule has 2 rings (SSSR count). The van der Waals surface area contributed by atoms with E-state index in [9.17, 15) is 13.6 Å². The second-order valence-electron chi connectivity index (χ2n) is 7.10. The quantitative estimate of drug-likeness (QED) is 0.304. The molecule has 1 saturated carbocycles. The maximum absolute atomic E-state index is 12.7. The van der Waals surface area contributed by atoms with Crippen molar-refractivity contribution >= 4 is 11.9 Å². The van der Waals surface area contributed by atoms with Crippen molar-refractivity contribution in [3.63, 3.8) is 0 Å². The zero-order valence-electron chi connectivity index (χ0n) is 17.7. The number of guanidine groups is 1. The third kappa shape index (κ3) is 8.04. The summed E-state index contributed by atoms with van der Waals surface area (Å²) in [7, 11) is 1.50. The van der Waals surface area contributed by atoms with Crippen LogP contribution in [0.2, 0.25) is 0 Å². The van der Waals surface area contributed by atoms with Crippen molar-refractivity contribution in [1.29, 1.82) is 0 Å². The van der Waals surface area contributed by atoms with E-state index in [1.165, 1.54) is 19.6 Å². The molecular formula is C21H32F2N4O3. The first kappa shape index (κ1) is 23.7. The van der Waals surface area contributed by atoms with Gasteiger partial charge in [-0.3, -0.25) is 4.79 Å². The Hall–Kier alpha value is -2.58. The summed E-state index contributed by atoms with van der Waals surface area (Å²) in [4.78, 5) is 16.6. The molecule has 1 amide bonds. The van der Waals surface area contributed by atoms with E-state index in [0.29, 0.717) is 36.9 Å². The van der Waals surface area contributed by atoms with Crippen molar-refractivity contribution in [2.45, 2.75) is 52.2 Å². The molecule has 7 nitrogen and oxygen atoms in total. The normalized spacial score (nSPS) is 15.0. The van der Waals surface area contributed by atoms with Crippen LogP contribution < -0.4 is 25.4 Å². The molecule has 9 heteroatoms. The van der Waals surface area contributed by atoms with Gasteiger partial charge in [-0.1, -0.05) is 19.3 Å². The van der Waals surface area contributed by atoms with Crippen molar-refractivity contribution in [1.82, 2.24) is 16.0 Å². The van der Waals surface area contributed by atoms with Gasteiger partial charge >= 0.3 is 6.61 Å². The Balaban J connectivity index is 1.89. The molecule has 1 aromatic rings. The standard InChI is InChI=1S/C21H32F2N4O3/c1-3-24-21(26-12-11-25-19(28)15-7-5-4-6-8-15)27-14-16-13-17(29-2)9-10-18(16)30-20(22)23/h9-10,13,15,20H,3-8,11-12,14H2,1-2H3,(H,25,28)(H2,24,26,27). The number of halogens is 2. The van der Waals surface area contributed by atoms with Crippen LogP contribution in [0.3, 0.4) is 0 Å². The molecule has 0 aliphatic heterocycles. The molecule has 0 radical (unpaired) electrons. The fourth-order valence-electron chi connectivity index (χ4n) is 3.40. The monoisotopic (exact) mass is 426 g/mol. The first-order valence-electron chi connectivity index (χ1n) is 10.4. The fourth-order valence-corrected chi connectivity index (χ4v) is 3.40. The molecule has 30 heavy (non-hydrogen) atoms. The summed E-state index contributed by atoms with van der Waals surface area (Å²) in [5, 5.41) is 9.21. The lowest BCUT2D eigenvalue weighted by Crippen LogP contribution is -2.42. The number of alkyl halides is 2. The van der Waals surface area contributed by atoms with Gasteiger partial charge in [0.25, 0.3) is 0 Å². The average Bonchev–Trinajstić information content (AvgIpc) is 2.75. The van der Waals surface area contributed by atoms with Gasteiger partial charge in [0.1, 0.15) is 11.5 Å². The highest BCUT2D eigenvalue weighted by atomic mass is 19.3. The maximum Gasteiger partial charge on any atom is 0.387 e. The van der Waals surface area contributed by atoms with E-state index < -0.39 is 6.61 Å². The van der Waals surface area contributed by atoms with Gasteiger partial charge in [0, 0.05) is 31.1 Å². The second-order valence-corrected chi connectivity index (χ2v) is 7.10. The minimum Gasteiger partial charge on any atom is -0.497 e. The number of methoxy groups -OCH3 is 1. The number of hydrogen-bond donors (Lipinski definition) is 3. The van der Waals surface area contributed by atoms with Crippen LogP contribution in [-0.2, 0) is 11.3 Å². The predicted octanol–water partition coefficient (Wildman–Crippen LogP) is 3.05. The number of nitrogens with zero attached hydrogens (tertiary/aromatic N) is 1. The first-order valence-corrected chi connectivity index (χ1v) is 10.4. The van der Waals surface area contributed by atoms with Crippen molar-refractivity contribution < 1.29 is 23.0 Å². The molecule has 168 valence electrons. The molecule has 0 atom stereocenters. The molecule has 1 aromatic carbocycles. The second kappa shape index (κ2) is 12.9. The molecule has 0 bridgehead atoms. The molecule has 0 spiro atoms. The van der Waals surface area contributed by atoms with Gasteiger partial charge in [-0.2, -0.15) is 8.78 Å². The van der Waals surface area contributed by atoms with E-state index in [4.69, 9.17) is 4.74 Å². The number of rotatable bonds is 10. The molecule has 0 heterocycles. The van der Waals surface area contributed by atoms with E-state index in [1.54, 1.807) is 12.1 Å². The van der Waals surface area contributed by atoms with Crippen LogP contribution in [0.15, 0.2) is 23.2 Å². The van der Waals surface area contributed by atoms with E-state index in [0.717, 1.165) is 25.7 Å². The lowest BCUT2D eigenvalue weighted by molar-refractivity contribution is -0.125. The van der Waals surface area contributed by atoms with Crippen LogP contribution in [0.5, 0.6) is 11.5 Å². The summed E-state index contributed by atoms with van der Waals surface area (Å²) in [6.07, 6.45) is 5.38. The van der Waals surface area contributed by atoms with Gasteiger partial charge < -0.3 is 25.4 Å². The van der Waals surface area contributed by atoms with Crippen LogP contribution in [-0.4, -0.2) is 45.2 Å². The fraction of sp³-hybridized carbons (Fsp3) is 0.619. The topological polar surface area (TPSA) is 84.0 Å². The predicted molar refractivity (Wildman–Crippen MR) is 112 cm³/mol. The number of hydrogen-bond acceptors (Lipinski definition) is 4. The van der Waals surface area contributed by atoms with Crippen molar-refractivity contribution in [2.75, 3.05) is 26.7 Å². The third-order valence-corrected chi connectivity index (χ3v) is 4.93. The minimum atomic E-state index is -2.92. The third-order valence-electron chi connectivity index (χ3n) is 4.93. The Morgan fingerprint density at radius 3 is 2.57 bits per heavy atom. The molecular weight excluding hydrogens is 394 g/mol. The van der Waals surface area contributed by atoms with Crippen LogP contribution in [0.1, 0.15) is 44.6 Å². The zero-order chi connectivity index (χ0) is 21.8. The summed E-state index contributed by atoms with van der Waals surface area (Å²) in [6.45, 7) is 0.766. The highest BCUT2D eigenvalue weighted by Gasteiger charge is 2.20. The Kier molecular flexibility index (Phi) is 10.2. The molecule has 1 aliphatic carbocycles. The van der Waals surface area contributed by atoms with Gasteiger partial charge in [0.05, 0.1) is 13.7 Å². The van der Waals surface area contributed by atoms with Crippen molar-refractivity contribution in [3.05, 3.63) is 23.8 Å². The van der Waals surface area contributed by atoms with Gasteiger partial charge in [-0.05, 0) is 38.0 Å². The average molecular weight is 427 g/mol. The van der Waals surface area contributed by atoms with Crippen molar-refractivity contribution in [3.8, 4) is 11.5 Å². The van der Waals surface area contributed by atoms with Gasteiger partial charge in [0.2, 0.25) is 5.91 Å². The smallest absolute Gasteiger partial charge is 0.387 e. The number of carbonyl (C=O) groups is 1. The van der Waals surface area contributed by atoms with Gasteiger partial charge in [-0.15, -0.1) is 0 Å².